The van der Waals surface area contributed by atoms with Crippen LogP contribution in [0.2, 0.25) is 0 Å². The molecule has 0 unspecified atom stereocenters. The van der Waals surface area contributed by atoms with Crippen LogP contribution in [-0.2, 0) is 15.6 Å². The number of carbonyl (C=O) groups excluding carboxylic acids is 1. The van der Waals surface area contributed by atoms with Gasteiger partial charge in [-0.3, -0.25) is 4.79 Å². The van der Waals surface area contributed by atoms with Crippen LogP contribution in [0, 0.1) is 0 Å². The Kier molecular flexibility index (Phi) is 5.17. The molecule has 0 spiro atoms. The lowest BCUT2D eigenvalue weighted by Crippen LogP contribution is -2.27. The molecular formula is C16H21NO3S. The molecule has 4 nitrogen and oxygen atoms in total. The quantitative estimate of drug-likeness (QED) is 0.785. The Morgan fingerprint density at radius 1 is 1.19 bits per heavy atom. The van der Waals surface area contributed by atoms with Gasteiger partial charge in [-0.25, -0.2) is 8.42 Å². The monoisotopic (exact) mass is 307 g/mol. The highest BCUT2D eigenvalue weighted by atomic mass is 32.2. The van der Waals surface area contributed by atoms with Gasteiger partial charge in [0.1, 0.15) is 0 Å². The van der Waals surface area contributed by atoms with Gasteiger partial charge in [0.05, 0.1) is 11.5 Å². The molecule has 1 aliphatic rings. The van der Waals surface area contributed by atoms with Crippen LogP contribution in [0.4, 0.5) is 0 Å². The predicted molar refractivity (Wildman–Crippen MR) is 83.9 cm³/mol. The fraction of sp³-hybridized carbons (Fsp3) is 0.438. The molecule has 2 rings (SSSR count). The summed E-state index contributed by atoms with van der Waals surface area (Å²) in [4.78, 5) is 14.0. The molecule has 114 valence electrons. The van der Waals surface area contributed by atoms with Crippen molar-refractivity contribution < 1.29 is 13.2 Å². The van der Waals surface area contributed by atoms with E-state index in [-0.39, 0.29) is 17.4 Å². The summed E-state index contributed by atoms with van der Waals surface area (Å²) in [6.07, 6.45) is 5.50. The van der Waals surface area contributed by atoms with Crippen molar-refractivity contribution in [3.8, 4) is 0 Å². The Bertz CT molecular complexity index is 611. The van der Waals surface area contributed by atoms with Gasteiger partial charge in [0.2, 0.25) is 0 Å². The Hall–Kier alpha value is -1.62. The summed E-state index contributed by atoms with van der Waals surface area (Å²) in [5.74, 6) is 0.101. The standard InChI is InChI=1S/C16H21NO3S/c1-2-3-12-21(19,20)13-14-6-8-15(9-7-14)16(18)17-10-4-5-11-17/h2-3,6-9H,4-5,10-13H2,1H3/b3-2+. The van der Waals surface area contributed by atoms with E-state index in [0.29, 0.717) is 5.56 Å². The molecule has 0 saturated carbocycles. The first-order chi connectivity index (χ1) is 10.0. The van der Waals surface area contributed by atoms with E-state index in [2.05, 4.69) is 0 Å². The molecule has 1 aromatic carbocycles. The van der Waals surface area contributed by atoms with E-state index in [0.717, 1.165) is 31.5 Å². The summed E-state index contributed by atoms with van der Waals surface area (Å²) in [5.41, 5.74) is 1.35. The molecule has 0 bridgehead atoms. The number of benzene rings is 1. The van der Waals surface area contributed by atoms with Crippen molar-refractivity contribution >= 4 is 15.7 Å². The van der Waals surface area contributed by atoms with Crippen LogP contribution in [-0.4, -0.2) is 38.1 Å². The normalized spacial score (nSPS) is 15.8. The maximum absolute atomic E-state index is 12.2. The van der Waals surface area contributed by atoms with E-state index < -0.39 is 9.84 Å². The van der Waals surface area contributed by atoms with E-state index >= 15 is 0 Å². The summed E-state index contributed by atoms with van der Waals surface area (Å²) >= 11 is 0. The van der Waals surface area contributed by atoms with E-state index in [9.17, 15) is 13.2 Å². The number of sulfone groups is 1. The first-order valence-electron chi connectivity index (χ1n) is 7.21. The zero-order valence-electron chi connectivity index (χ0n) is 12.3. The molecular weight excluding hydrogens is 286 g/mol. The summed E-state index contributed by atoms with van der Waals surface area (Å²) in [7, 11) is -3.13. The second-order valence-corrected chi connectivity index (χ2v) is 7.43. The third-order valence-electron chi connectivity index (χ3n) is 3.57. The van der Waals surface area contributed by atoms with Gasteiger partial charge in [0, 0.05) is 18.7 Å². The van der Waals surface area contributed by atoms with E-state index in [1.165, 1.54) is 0 Å². The maximum atomic E-state index is 12.2. The molecule has 0 N–H and O–H groups in total. The maximum Gasteiger partial charge on any atom is 0.253 e. The zero-order chi connectivity index (χ0) is 15.3. The number of amides is 1. The number of hydrogen-bond donors (Lipinski definition) is 0. The summed E-state index contributed by atoms with van der Waals surface area (Å²) in [6, 6.07) is 6.91. The van der Waals surface area contributed by atoms with Gasteiger partial charge in [0.15, 0.2) is 9.84 Å². The molecule has 21 heavy (non-hydrogen) atoms. The Morgan fingerprint density at radius 3 is 2.38 bits per heavy atom. The van der Waals surface area contributed by atoms with Gasteiger partial charge in [-0.15, -0.1) is 0 Å². The van der Waals surface area contributed by atoms with Crippen LogP contribution < -0.4 is 0 Å². The second kappa shape index (κ2) is 6.89. The Morgan fingerprint density at radius 2 is 1.81 bits per heavy atom. The van der Waals surface area contributed by atoms with Crippen molar-refractivity contribution in [2.75, 3.05) is 18.8 Å². The predicted octanol–water partition coefficient (Wildman–Crippen LogP) is 2.41. The second-order valence-electron chi connectivity index (χ2n) is 5.32. The molecule has 1 amide bonds. The van der Waals surface area contributed by atoms with E-state index in [1.807, 2.05) is 4.90 Å². The van der Waals surface area contributed by atoms with Crippen LogP contribution in [0.1, 0.15) is 35.7 Å². The fourth-order valence-electron chi connectivity index (χ4n) is 2.40. The topological polar surface area (TPSA) is 54.5 Å². The third kappa shape index (κ3) is 4.43. The molecule has 5 heteroatoms. The molecule has 1 aromatic rings. The highest BCUT2D eigenvalue weighted by Gasteiger charge is 2.19. The largest absolute Gasteiger partial charge is 0.339 e. The molecule has 0 atom stereocenters. The lowest BCUT2D eigenvalue weighted by Gasteiger charge is -2.15. The first-order valence-corrected chi connectivity index (χ1v) is 9.04. The van der Waals surface area contributed by atoms with Gasteiger partial charge in [-0.2, -0.15) is 0 Å². The molecule has 1 saturated heterocycles. The Labute approximate surface area is 126 Å². The minimum atomic E-state index is -3.13. The van der Waals surface area contributed by atoms with Crippen molar-refractivity contribution in [1.29, 1.82) is 0 Å². The van der Waals surface area contributed by atoms with Crippen molar-refractivity contribution in [1.82, 2.24) is 4.90 Å². The molecule has 0 aliphatic carbocycles. The van der Waals surface area contributed by atoms with E-state index in [1.54, 1.807) is 43.3 Å². The lowest BCUT2D eigenvalue weighted by molar-refractivity contribution is 0.0793. The van der Waals surface area contributed by atoms with Gasteiger partial charge >= 0.3 is 0 Å². The smallest absolute Gasteiger partial charge is 0.253 e. The van der Waals surface area contributed by atoms with Crippen molar-refractivity contribution in [2.45, 2.75) is 25.5 Å². The first kappa shape index (κ1) is 15.8. The lowest BCUT2D eigenvalue weighted by atomic mass is 10.1. The number of allylic oxidation sites excluding steroid dienone is 1. The third-order valence-corrected chi connectivity index (χ3v) is 5.04. The Balaban J connectivity index is 2.03. The number of carbonyl (C=O) groups is 1. The van der Waals surface area contributed by atoms with Gasteiger partial charge in [-0.1, -0.05) is 24.3 Å². The molecule has 0 aromatic heterocycles. The molecule has 1 aliphatic heterocycles. The van der Waals surface area contributed by atoms with Crippen molar-refractivity contribution in [3.63, 3.8) is 0 Å². The number of hydrogen-bond acceptors (Lipinski definition) is 3. The SMILES string of the molecule is C/C=C/CS(=O)(=O)Cc1ccc(C(=O)N2CCCC2)cc1. The summed E-state index contributed by atoms with van der Waals surface area (Å²) < 4.78 is 23.7. The minimum absolute atomic E-state index is 0.00945. The van der Waals surface area contributed by atoms with Crippen LogP contribution in [0.5, 0.6) is 0 Å². The van der Waals surface area contributed by atoms with Crippen LogP contribution in [0.15, 0.2) is 36.4 Å². The molecule has 0 radical (unpaired) electrons. The zero-order valence-corrected chi connectivity index (χ0v) is 13.1. The number of rotatable bonds is 5. The summed E-state index contributed by atoms with van der Waals surface area (Å²) in [6.45, 7) is 3.44. The van der Waals surface area contributed by atoms with E-state index in [4.69, 9.17) is 0 Å². The van der Waals surface area contributed by atoms with Crippen LogP contribution in [0.3, 0.4) is 0 Å². The fourth-order valence-corrected chi connectivity index (χ4v) is 3.71. The van der Waals surface area contributed by atoms with Crippen molar-refractivity contribution in [2.24, 2.45) is 0 Å². The minimum Gasteiger partial charge on any atom is -0.339 e. The van der Waals surface area contributed by atoms with Gasteiger partial charge in [-0.05, 0) is 37.5 Å². The van der Waals surface area contributed by atoms with Crippen LogP contribution >= 0.6 is 0 Å². The number of nitrogens with zero attached hydrogens (tertiary/aromatic N) is 1. The molecule has 1 heterocycles. The highest BCUT2D eigenvalue weighted by Crippen LogP contribution is 2.15. The van der Waals surface area contributed by atoms with Gasteiger partial charge in [0.25, 0.3) is 5.91 Å². The average Bonchev–Trinajstić information content (AvgIpc) is 2.99. The highest BCUT2D eigenvalue weighted by molar-refractivity contribution is 7.90. The average molecular weight is 307 g/mol. The number of likely N-dealkylation sites (tertiary alicyclic amines) is 1. The molecule has 1 fully saturated rings. The summed E-state index contributed by atoms with van der Waals surface area (Å²) in [5, 5.41) is 0. The van der Waals surface area contributed by atoms with Crippen LogP contribution in [0.25, 0.3) is 0 Å². The van der Waals surface area contributed by atoms with Crippen molar-refractivity contribution in [3.05, 3.63) is 47.5 Å². The van der Waals surface area contributed by atoms with Gasteiger partial charge < -0.3 is 4.90 Å².